The van der Waals surface area contributed by atoms with Crippen molar-refractivity contribution in [3.63, 3.8) is 0 Å². The molecule has 1 N–H and O–H groups in total. The van der Waals surface area contributed by atoms with Crippen molar-refractivity contribution in [1.82, 2.24) is 0 Å². The summed E-state index contributed by atoms with van der Waals surface area (Å²) < 4.78 is 5.89. The SMILES string of the molecule is CCC(Oc1ccc(C)cc1C)C(=O)Nc1ccc(CC#N)cc1. The molecule has 0 aliphatic heterocycles. The molecule has 2 aromatic rings. The van der Waals surface area contributed by atoms with Crippen molar-refractivity contribution >= 4 is 11.6 Å². The van der Waals surface area contributed by atoms with Gasteiger partial charge in [0.05, 0.1) is 12.5 Å². The molecule has 2 rings (SSSR count). The van der Waals surface area contributed by atoms with E-state index < -0.39 is 6.10 Å². The molecule has 0 spiro atoms. The molecule has 0 bridgehead atoms. The van der Waals surface area contributed by atoms with E-state index in [0.717, 1.165) is 22.4 Å². The van der Waals surface area contributed by atoms with Crippen molar-refractivity contribution in [1.29, 1.82) is 5.26 Å². The molecule has 2 aromatic carbocycles. The van der Waals surface area contributed by atoms with Gasteiger partial charge in [-0.1, -0.05) is 36.8 Å². The number of carbonyl (C=O) groups excluding carboxylic acids is 1. The molecular weight excluding hydrogens is 300 g/mol. The van der Waals surface area contributed by atoms with Crippen molar-refractivity contribution in [3.8, 4) is 11.8 Å². The smallest absolute Gasteiger partial charge is 0.265 e. The maximum absolute atomic E-state index is 12.4. The molecule has 0 saturated carbocycles. The van der Waals surface area contributed by atoms with E-state index in [1.165, 1.54) is 0 Å². The zero-order valence-electron chi connectivity index (χ0n) is 14.3. The third kappa shape index (κ3) is 4.60. The van der Waals surface area contributed by atoms with E-state index in [-0.39, 0.29) is 5.91 Å². The Hall–Kier alpha value is -2.80. The van der Waals surface area contributed by atoms with Gasteiger partial charge in [-0.15, -0.1) is 0 Å². The topological polar surface area (TPSA) is 62.1 Å². The zero-order valence-corrected chi connectivity index (χ0v) is 14.3. The monoisotopic (exact) mass is 322 g/mol. The quantitative estimate of drug-likeness (QED) is 0.868. The van der Waals surface area contributed by atoms with Crippen LogP contribution in [0.25, 0.3) is 0 Å². The first kappa shape index (κ1) is 17.6. The minimum atomic E-state index is -0.551. The van der Waals surface area contributed by atoms with Crippen LogP contribution in [0, 0.1) is 25.2 Å². The van der Waals surface area contributed by atoms with Gasteiger partial charge in [0, 0.05) is 5.69 Å². The van der Waals surface area contributed by atoms with E-state index in [1.54, 1.807) is 12.1 Å². The molecule has 0 heterocycles. The molecule has 0 fully saturated rings. The first-order valence-corrected chi connectivity index (χ1v) is 8.04. The molecule has 1 atom stereocenters. The summed E-state index contributed by atoms with van der Waals surface area (Å²) >= 11 is 0. The lowest BCUT2D eigenvalue weighted by Crippen LogP contribution is -2.32. The van der Waals surface area contributed by atoms with Crippen molar-refractivity contribution in [3.05, 3.63) is 59.2 Å². The molecular formula is C20H22N2O2. The normalized spacial score (nSPS) is 11.4. The van der Waals surface area contributed by atoms with Gasteiger partial charge in [0.1, 0.15) is 5.75 Å². The minimum Gasteiger partial charge on any atom is -0.480 e. The van der Waals surface area contributed by atoms with Crippen molar-refractivity contribution in [2.45, 2.75) is 39.7 Å². The van der Waals surface area contributed by atoms with Gasteiger partial charge >= 0.3 is 0 Å². The van der Waals surface area contributed by atoms with Crippen LogP contribution in [0.3, 0.4) is 0 Å². The second-order valence-electron chi connectivity index (χ2n) is 5.80. The molecule has 0 aromatic heterocycles. The van der Waals surface area contributed by atoms with Gasteiger partial charge in [-0.05, 0) is 49.6 Å². The minimum absolute atomic E-state index is 0.175. The van der Waals surface area contributed by atoms with Gasteiger partial charge in [0.15, 0.2) is 6.10 Å². The summed E-state index contributed by atoms with van der Waals surface area (Å²) in [5.41, 5.74) is 3.80. The molecule has 0 radical (unpaired) electrons. The lowest BCUT2D eigenvalue weighted by Gasteiger charge is -2.19. The number of hydrogen-bond donors (Lipinski definition) is 1. The molecule has 0 aliphatic rings. The molecule has 124 valence electrons. The first-order chi connectivity index (χ1) is 11.5. The van der Waals surface area contributed by atoms with E-state index in [4.69, 9.17) is 10.00 Å². The standard InChI is InChI=1S/C20H22N2O2/c1-4-18(24-19-10-5-14(2)13-15(19)3)20(23)22-17-8-6-16(7-9-17)11-12-21/h5-10,13,18H,4,11H2,1-3H3,(H,22,23). The maximum atomic E-state index is 12.4. The van der Waals surface area contributed by atoms with Crippen LogP contribution in [0.1, 0.15) is 30.0 Å². The van der Waals surface area contributed by atoms with E-state index in [9.17, 15) is 4.79 Å². The Morgan fingerprint density at radius 2 is 1.92 bits per heavy atom. The lowest BCUT2D eigenvalue weighted by atomic mass is 10.1. The number of ether oxygens (including phenoxy) is 1. The van der Waals surface area contributed by atoms with E-state index >= 15 is 0 Å². The van der Waals surface area contributed by atoms with Crippen molar-refractivity contribution in [2.75, 3.05) is 5.32 Å². The lowest BCUT2D eigenvalue weighted by molar-refractivity contribution is -0.122. The highest BCUT2D eigenvalue weighted by atomic mass is 16.5. The Balaban J connectivity index is 2.04. The average molecular weight is 322 g/mol. The van der Waals surface area contributed by atoms with Crippen LogP contribution in [0.15, 0.2) is 42.5 Å². The molecule has 1 unspecified atom stereocenters. The summed E-state index contributed by atoms with van der Waals surface area (Å²) in [6.45, 7) is 5.92. The van der Waals surface area contributed by atoms with E-state index in [2.05, 4.69) is 11.4 Å². The van der Waals surface area contributed by atoms with Gasteiger partial charge in [0.2, 0.25) is 0 Å². The van der Waals surface area contributed by atoms with Gasteiger partial charge in [-0.2, -0.15) is 5.26 Å². The Morgan fingerprint density at radius 1 is 1.21 bits per heavy atom. The Morgan fingerprint density at radius 3 is 2.50 bits per heavy atom. The number of nitriles is 1. The maximum Gasteiger partial charge on any atom is 0.265 e. The fourth-order valence-electron chi connectivity index (χ4n) is 2.43. The predicted octanol–water partition coefficient (Wildman–Crippen LogP) is 4.17. The van der Waals surface area contributed by atoms with Crippen LogP contribution >= 0.6 is 0 Å². The van der Waals surface area contributed by atoms with Crippen molar-refractivity contribution in [2.24, 2.45) is 0 Å². The van der Waals surface area contributed by atoms with Gasteiger partial charge in [-0.25, -0.2) is 0 Å². The highest BCUT2D eigenvalue weighted by Crippen LogP contribution is 2.21. The third-order valence-electron chi connectivity index (χ3n) is 3.77. The summed E-state index contributed by atoms with van der Waals surface area (Å²) in [6, 6.07) is 15.3. The number of amides is 1. The molecule has 1 amide bonds. The molecule has 0 aliphatic carbocycles. The second-order valence-corrected chi connectivity index (χ2v) is 5.80. The molecule has 4 heteroatoms. The van der Waals surface area contributed by atoms with Crippen LogP contribution in [0.2, 0.25) is 0 Å². The van der Waals surface area contributed by atoms with Crippen molar-refractivity contribution < 1.29 is 9.53 Å². The fraction of sp³-hybridized carbons (Fsp3) is 0.300. The van der Waals surface area contributed by atoms with Crippen LogP contribution < -0.4 is 10.1 Å². The number of nitrogens with zero attached hydrogens (tertiary/aromatic N) is 1. The number of benzene rings is 2. The summed E-state index contributed by atoms with van der Waals surface area (Å²) in [7, 11) is 0. The van der Waals surface area contributed by atoms with Crippen LogP contribution in [0.5, 0.6) is 5.75 Å². The third-order valence-corrected chi connectivity index (χ3v) is 3.77. The van der Waals surface area contributed by atoms with Crippen LogP contribution in [-0.2, 0) is 11.2 Å². The molecule has 0 saturated heterocycles. The predicted molar refractivity (Wildman–Crippen MR) is 95.0 cm³/mol. The Bertz CT molecular complexity index is 745. The summed E-state index contributed by atoms with van der Waals surface area (Å²) in [5, 5.41) is 11.5. The van der Waals surface area contributed by atoms with Gasteiger partial charge in [0.25, 0.3) is 5.91 Å². The number of nitrogens with one attached hydrogen (secondary N) is 1. The highest BCUT2D eigenvalue weighted by molar-refractivity contribution is 5.94. The van der Waals surface area contributed by atoms with E-state index in [0.29, 0.717) is 18.5 Å². The number of carbonyl (C=O) groups is 1. The van der Waals surface area contributed by atoms with Crippen LogP contribution in [-0.4, -0.2) is 12.0 Å². The Kier molecular flexibility index (Phi) is 5.97. The number of aryl methyl sites for hydroxylation is 2. The molecule has 24 heavy (non-hydrogen) atoms. The fourth-order valence-corrected chi connectivity index (χ4v) is 2.43. The molecule has 4 nitrogen and oxygen atoms in total. The summed E-state index contributed by atoms with van der Waals surface area (Å²) in [5.74, 6) is 0.553. The first-order valence-electron chi connectivity index (χ1n) is 8.04. The summed E-state index contributed by atoms with van der Waals surface area (Å²) in [4.78, 5) is 12.4. The zero-order chi connectivity index (χ0) is 17.5. The number of rotatable bonds is 6. The summed E-state index contributed by atoms with van der Waals surface area (Å²) in [6.07, 6.45) is 0.387. The van der Waals surface area contributed by atoms with Gasteiger partial charge in [-0.3, -0.25) is 4.79 Å². The van der Waals surface area contributed by atoms with E-state index in [1.807, 2.05) is 51.1 Å². The largest absolute Gasteiger partial charge is 0.480 e. The number of hydrogen-bond acceptors (Lipinski definition) is 3. The van der Waals surface area contributed by atoms with Crippen LogP contribution in [0.4, 0.5) is 5.69 Å². The Labute approximate surface area is 143 Å². The second kappa shape index (κ2) is 8.16. The number of anilines is 1. The average Bonchev–Trinajstić information content (AvgIpc) is 2.56. The highest BCUT2D eigenvalue weighted by Gasteiger charge is 2.19. The van der Waals surface area contributed by atoms with Gasteiger partial charge < -0.3 is 10.1 Å².